The molecule has 0 unspecified atom stereocenters. The number of anilines is 1. The second-order valence-electron chi connectivity index (χ2n) is 6.22. The van der Waals surface area contributed by atoms with Crippen LogP contribution in [-0.2, 0) is 9.53 Å². The molecule has 1 N–H and O–H groups in total. The second kappa shape index (κ2) is 7.98. The van der Waals surface area contributed by atoms with Gasteiger partial charge in [0.25, 0.3) is 0 Å². The number of hydrogen-bond donors (Lipinski definition) is 1. The summed E-state index contributed by atoms with van der Waals surface area (Å²) in [5, 5.41) is 12.2. The predicted molar refractivity (Wildman–Crippen MR) is 88.3 cm³/mol. The fraction of sp³-hybridized carbons (Fsp3) is 0.556. The van der Waals surface area contributed by atoms with Crippen molar-refractivity contribution >= 4 is 11.6 Å². The van der Waals surface area contributed by atoms with Gasteiger partial charge in [-0.1, -0.05) is 6.92 Å². The maximum Gasteiger partial charge on any atom is 0.227 e. The van der Waals surface area contributed by atoms with E-state index in [0.717, 1.165) is 26.1 Å². The molecule has 0 bridgehead atoms. The first-order valence-electron chi connectivity index (χ1n) is 8.10. The van der Waals surface area contributed by atoms with E-state index in [1.165, 1.54) is 0 Å². The lowest BCUT2D eigenvalue weighted by Crippen LogP contribution is -2.30. The summed E-state index contributed by atoms with van der Waals surface area (Å²) in [6.45, 7) is 7.22. The first kappa shape index (κ1) is 17.3. The van der Waals surface area contributed by atoms with E-state index in [2.05, 4.69) is 11.4 Å². The molecule has 1 amide bonds. The van der Waals surface area contributed by atoms with Gasteiger partial charge in [0.15, 0.2) is 0 Å². The van der Waals surface area contributed by atoms with E-state index < -0.39 is 0 Å². The molecule has 2 rings (SSSR count). The van der Waals surface area contributed by atoms with Crippen molar-refractivity contribution in [3.63, 3.8) is 0 Å². The second-order valence-corrected chi connectivity index (χ2v) is 6.22. The van der Waals surface area contributed by atoms with Crippen molar-refractivity contribution in [2.75, 3.05) is 18.5 Å². The molecule has 1 atom stereocenters. The third kappa shape index (κ3) is 4.70. The molecule has 0 saturated carbocycles. The number of ether oxygens (including phenoxy) is 2. The number of carbonyl (C=O) groups is 1. The molecule has 1 heterocycles. The average Bonchev–Trinajstić information content (AvgIpc) is 2.55. The van der Waals surface area contributed by atoms with Crippen molar-refractivity contribution in [3.05, 3.63) is 23.8 Å². The summed E-state index contributed by atoms with van der Waals surface area (Å²) >= 11 is 0. The van der Waals surface area contributed by atoms with E-state index >= 15 is 0 Å². The molecule has 0 spiro atoms. The normalized spacial score (nSPS) is 16.7. The monoisotopic (exact) mass is 316 g/mol. The first-order valence-corrected chi connectivity index (χ1v) is 8.10. The van der Waals surface area contributed by atoms with Gasteiger partial charge in [-0.2, -0.15) is 5.26 Å². The number of rotatable bonds is 5. The summed E-state index contributed by atoms with van der Waals surface area (Å²) in [5.74, 6) is 0.801. The summed E-state index contributed by atoms with van der Waals surface area (Å²) in [4.78, 5) is 12.4. The molecule has 0 aromatic heterocycles. The number of carbonyl (C=O) groups excluding carboxylic acids is 1. The molecule has 5 heteroatoms. The van der Waals surface area contributed by atoms with Gasteiger partial charge < -0.3 is 14.8 Å². The van der Waals surface area contributed by atoms with Crippen LogP contribution >= 0.6 is 0 Å². The zero-order valence-corrected chi connectivity index (χ0v) is 14.0. The van der Waals surface area contributed by atoms with Crippen LogP contribution in [0.15, 0.2) is 18.2 Å². The number of nitrogens with zero attached hydrogens (tertiary/aromatic N) is 1. The smallest absolute Gasteiger partial charge is 0.227 e. The zero-order valence-electron chi connectivity index (χ0n) is 14.0. The molecule has 1 aromatic rings. The van der Waals surface area contributed by atoms with Gasteiger partial charge in [-0.3, -0.25) is 4.79 Å². The maximum absolute atomic E-state index is 12.4. The number of nitriles is 1. The average molecular weight is 316 g/mol. The topological polar surface area (TPSA) is 71.3 Å². The lowest BCUT2D eigenvalue weighted by atomic mass is 9.86. The molecule has 1 saturated heterocycles. The van der Waals surface area contributed by atoms with Gasteiger partial charge in [0, 0.05) is 24.8 Å². The molecular formula is C18H24N2O3. The largest absolute Gasteiger partial charge is 0.490 e. The van der Waals surface area contributed by atoms with Gasteiger partial charge in [0.2, 0.25) is 5.91 Å². The van der Waals surface area contributed by atoms with E-state index in [-0.39, 0.29) is 17.9 Å². The van der Waals surface area contributed by atoms with Crippen molar-refractivity contribution in [3.8, 4) is 11.8 Å². The number of nitrogens with one attached hydrogen (secondary N) is 1. The Kier molecular flexibility index (Phi) is 6.00. The minimum Gasteiger partial charge on any atom is -0.490 e. The highest BCUT2D eigenvalue weighted by molar-refractivity contribution is 5.92. The minimum absolute atomic E-state index is 0.00363. The summed E-state index contributed by atoms with van der Waals surface area (Å²) in [6.07, 6.45) is 1.83. The lowest BCUT2D eigenvalue weighted by molar-refractivity contribution is -0.122. The lowest BCUT2D eigenvalue weighted by Gasteiger charge is -2.27. The van der Waals surface area contributed by atoms with Crippen LogP contribution in [0.25, 0.3) is 0 Å². The Hall–Kier alpha value is -2.06. The fourth-order valence-corrected chi connectivity index (χ4v) is 2.74. The molecule has 1 aliphatic heterocycles. The Balaban J connectivity index is 2.04. The van der Waals surface area contributed by atoms with Crippen LogP contribution in [0.1, 0.15) is 39.2 Å². The van der Waals surface area contributed by atoms with Crippen molar-refractivity contribution in [1.82, 2.24) is 0 Å². The van der Waals surface area contributed by atoms with Crippen molar-refractivity contribution in [2.24, 2.45) is 11.8 Å². The van der Waals surface area contributed by atoms with Gasteiger partial charge in [-0.25, -0.2) is 0 Å². The van der Waals surface area contributed by atoms with Crippen molar-refractivity contribution in [2.45, 2.75) is 39.7 Å². The third-order valence-electron chi connectivity index (χ3n) is 4.12. The Morgan fingerprint density at radius 1 is 1.35 bits per heavy atom. The van der Waals surface area contributed by atoms with Gasteiger partial charge in [0.1, 0.15) is 11.8 Å². The summed E-state index contributed by atoms with van der Waals surface area (Å²) in [6, 6.07) is 7.27. The number of hydrogen-bond acceptors (Lipinski definition) is 4. The van der Waals surface area contributed by atoms with Crippen LogP contribution in [0.4, 0.5) is 5.69 Å². The van der Waals surface area contributed by atoms with Crippen LogP contribution in [-0.4, -0.2) is 25.2 Å². The van der Waals surface area contributed by atoms with E-state index in [4.69, 9.17) is 9.47 Å². The van der Waals surface area contributed by atoms with Crippen LogP contribution in [0.2, 0.25) is 0 Å². The standard InChI is InChI=1S/C18H24N2O3/c1-12(2)23-17-5-4-16(10-15(17)11-19)20-18(21)13(3)14-6-8-22-9-7-14/h4-5,10,12-14H,6-9H2,1-3H3,(H,20,21)/t13-/m0/s1. The van der Waals surface area contributed by atoms with Gasteiger partial charge >= 0.3 is 0 Å². The Bertz CT molecular complexity index is 586. The molecule has 0 radical (unpaired) electrons. The maximum atomic E-state index is 12.4. The number of amides is 1. The molecule has 5 nitrogen and oxygen atoms in total. The first-order chi connectivity index (χ1) is 11.0. The van der Waals surface area contributed by atoms with Crippen LogP contribution in [0.5, 0.6) is 5.75 Å². The Morgan fingerprint density at radius 3 is 2.65 bits per heavy atom. The van der Waals surface area contributed by atoms with E-state index in [1.54, 1.807) is 18.2 Å². The van der Waals surface area contributed by atoms with Crippen LogP contribution in [0.3, 0.4) is 0 Å². The number of benzene rings is 1. The van der Waals surface area contributed by atoms with Crippen LogP contribution < -0.4 is 10.1 Å². The highest BCUT2D eigenvalue weighted by Crippen LogP contribution is 2.27. The van der Waals surface area contributed by atoms with Crippen molar-refractivity contribution in [1.29, 1.82) is 5.26 Å². The zero-order chi connectivity index (χ0) is 16.8. The molecule has 1 aromatic carbocycles. The molecule has 1 fully saturated rings. The molecular weight excluding hydrogens is 292 g/mol. The minimum atomic E-state index is -0.0731. The van der Waals surface area contributed by atoms with Gasteiger partial charge in [0.05, 0.1) is 11.7 Å². The van der Waals surface area contributed by atoms with Gasteiger partial charge in [-0.05, 0) is 50.8 Å². The molecule has 0 aliphatic carbocycles. The van der Waals surface area contributed by atoms with Gasteiger partial charge in [-0.15, -0.1) is 0 Å². The van der Waals surface area contributed by atoms with Crippen LogP contribution in [0, 0.1) is 23.2 Å². The Labute approximate surface area is 137 Å². The highest BCUT2D eigenvalue weighted by Gasteiger charge is 2.26. The SMILES string of the molecule is CC(C)Oc1ccc(NC(=O)[C@@H](C)C2CCOCC2)cc1C#N. The summed E-state index contributed by atoms with van der Waals surface area (Å²) < 4.78 is 10.9. The summed E-state index contributed by atoms with van der Waals surface area (Å²) in [5.41, 5.74) is 1.05. The fourth-order valence-electron chi connectivity index (χ4n) is 2.74. The molecule has 124 valence electrons. The van der Waals surface area contributed by atoms with E-state index in [1.807, 2.05) is 20.8 Å². The predicted octanol–water partition coefficient (Wildman–Crippen LogP) is 3.35. The molecule has 23 heavy (non-hydrogen) atoms. The summed E-state index contributed by atoms with van der Waals surface area (Å²) in [7, 11) is 0. The third-order valence-corrected chi connectivity index (χ3v) is 4.12. The molecule has 1 aliphatic rings. The highest BCUT2D eigenvalue weighted by atomic mass is 16.5. The van der Waals surface area contributed by atoms with Crippen molar-refractivity contribution < 1.29 is 14.3 Å². The Morgan fingerprint density at radius 2 is 2.04 bits per heavy atom. The van der Waals surface area contributed by atoms with E-state index in [9.17, 15) is 10.1 Å². The van der Waals surface area contributed by atoms with E-state index in [0.29, 0.717) is 22.9 Å². The quantitative estimate of drug-likeness (QED) is 0.904.